The minimum Gasteiger partial charge on any atom is -0.497 e. The zero-order valence-corrected chi connectivity index (χ0v) is 15.5. The summed E-state index contributed by atoms with van der Waals surface area (Å²) in [7, 11) is 1.66. The molecule has 0 saturated carbocycles. The van der Waals surface area contributed by atoms with Crippen molar-refractivity contribution in [2.45, 2.75) is 10.1 Å². The number of para-hydroxylation sites is 1. The molecule has 0 aromatic heterocycles. The van der Waals surface area contributed by atoms with Gasteiger partial charge in [-0.1, -0.05) is 48.5 Å². The summed E-state index contributed by atoms with van der Waals surface area (Å²) in [4.78, 5) is 14.5. The lowest BCUT2D eigenvalue weighted by Gasteiger charge is -2.18. The van der Waals surface area contributed by atoms with Gasteiger partial charge in [-0.2, -0.15) is 0 Å². The number of hydrogen-bond acceptors (Lipinski definition) is 4. The second-order valence-corrected chi connectivity index (χ2v) is 7.71. The van der Waals surface area contributed by atoms with Gasteiger partial charge in [-0.25, -0.2) is 0 Å². The largest absolute Gasteiger partial charge is 0.497 e. The molecule has 0 bridgehead atoms. The normalized spacial score (nSPS) is 17.5. The summed E-state index contributed by atoms with van der Waals surface area (Å²) in [5.74, 6) is 0.893. The molecular weight excluding hydrogens is 354 g/mol. The molecule has 4 heteroatoms. The maximum Gasteiger partial charge on any atom is 0.193 e. The van der Waals surface area contributed by atoms with E-state index in [1.165, 1.54) is 0 Å². The second kappa shape index (κ2) is 6.32. The number of nitrogens with one attached hydrogen (secondary N) is 1. The van der Waals surface area contributed by atoms with E-state index in [2.05, 4.69) is 23.5 Å². The molecular formula is C23H17NO2S. The minimum atomic E-state index is -0.105. The summed E-state index contributed by atoms with van der Waals surface area (Å²) in [6, 6.07) is 24.0. The highest BCUT2D eigenvalue weighted by Gasteiger charge is 2.38. The first kappa shape index (κ1) is 16.2. The average molecular weight is 371 g/mol. The van der Waals surface area contributed by atoms with Crippen molar-refractivity contribution in [1.82, 2.24) is 0 Å². The topological polar surface area (TPSA) is 38.3 Å². The Kier molecular flexibility index (Phi) is 3.80. The van der Waals surface area contributed by atoms with Crippen molar-refractivity contribution >= 4 is 28.9 Å². The van der Waals surface area contributed by atoms with E-state index in [1.54, 1.807) is 18.9 Å². The fourth-order valence-electron chi connectivity index (χ4n) is 3.72. The lowest BCUT2D eigenvalue weighted by molar-refractivity contribution is 0.103. The molecule has 1 atom stereocenters. The molecule has 1 aliphatic heterocycles. The van der Waals surface area contributed by atoms with E-state index < -0.39 is 0 Å². The number of methoxy groups -OCH3 is 1. The van der Waals surface area contributed by atoms with Crippen LogP contribution in [0.4, 0.5) is 5.69 Å². The van der Waals surface area contributed by atoms with E-state index >= 15 is 0 Å². The van der Waals surface area contributed by atoms with Gasteiger partial charge in [0.1, 0.15) is 5.75 Å². The van der Waals surface area contributed by atoms with Crippen LogP contribution >= 0.6 is 11.8 Å². The van der Waals surface area contributed by atoms with Crippen molar-refractivity contribution in [3.63, 3.8) is 0 Å². The molecule has 1 N–H and O–H groups in total. The molecule has 1 heterocycles. The Labute approximate surface area is 162 Å². The molecule has 2 aliphatic rings. The van der Waals surface area contributed by atoms with Crippen LogP contribution in [0, 0.1) is 0 Å². The third-order valence-electron chi connectivity index (χ3n) is 5.01. The molecule has 5 rings (SSSR count). The maximum atomic E-state index is 13.3. The van der Waals surface area contributed by atoms with Crippen LogP contribution in [0.5, 0.6) is 5.75 Å². The molecule has 0 saturated heterocycles. The Morgan fingerprint density at radius 1 is 0.926 bits per heavy atom. The van der Waals surface area contributed by atoms with Gasteiger partial charge in [-0.05, 0) is 29.8 Å². The SMILES string of the molecule is COc1cccc(C2Sc3ccccc3NC3=C2C(=O)c2ccccc23)c1. The van der Waals surface area contributed by atoms with Crippen LogP contribution < -0.4 is 10.1 Å². The highest BCUT2D eigenvalue weighted by atomic mass is 32.2. The summed E-state index contributed by atoms with van der Waals surface area (Å²) < 4.78 is 5.42. The van der Waals surface area contributed by atoms with E-state index in [0.717, 1.165) is 44.3 Å². The standard InChI is InChI=1S/C23H17NO2S/c1-26-15-8-6-7-14(13-15)23-20-21(16-9-2-3-10-17(16)22(20)25)24-18-11-4-5-12-19(18)27-23/h2-13,23-24H,1H3. The monoisotopic (exact) mass is 371 g/mol. The van der Waals surface area contributed by atoms with Gasteiger partial charge < -0.3 is 10.1 Å². The van der Waals surface area contributed by atoms with Crippen LogP contribution in [0.2, 0.25) is 0 Å². The van der Waals surface area contributed by atoms with Crippen LogP contribution in [0.15, 0.2) is 83.3 Å². The van der Waals surface area contributed by atoms with Crippen molar-refractivity contribution in [2.75, 3.05) is 12.4 Å². The molecule has 1 aliphatic carbocycles. The van der Waals surface area contributed by atoms with Crippen molar-refractivity contribution in [3.8, 4) is 5.75 Å². The van der Waals surface area contributed by atoms with Gasteiger partial charge in [-0.3, -0.25) is 4.79 Å². The summed E-state index contributed by atoms with van der Waals surface area (Å²) >= 11 is 1.70. The number of benzene rings is 3. The number of thioether (sulfide) groups is 1. The van der Waals surface area contributed by atoms with E-state index in [4.69, 9.17) is 4.74 Å². The predicted molar refractivity (Wildman–Crippen MR) is 109 cm³/mol. The Bertz CT molecular complexity index is 1100. The quantitative estimate of drug-likeness (QED) is 0.640. The number of ketones is 1. The molecule has 27 heavy (non-hydrogen) atoms. The first-order valence-electron chi connectivity index (χ1n) is 8.81. The molecule has 1 unspecified atom stereocenters. The smallest absolute Gasteiger partial charge is 0.193 e. The fraction of sp³-hybridized carbons (Fsp3) is 0.0870. The number of hydrogen-bond donors (Lipinski definition) is 1. The van der Waals surface area contributed by atoms with Crippen molar-refractivity contribution in [2.24, 2.45) is 0 Å². The van der Waals surface area contributed by atoms with Gasteiger partial charge in [0.15, 0.2) is 5.78 Å². The number of carbonyl (C=O) groups excluding carboxylic acids is 1. The van der Waals surface area contributed by atoms with Gasteiger partial charge in [0.05, 0.1) is 23.7 Å². The Hall–Kier alpha value is -2.98. The fourth-order valence-corrected chi connectivity index (χ4v) is 5.00. The van der Waals surface area contributed by atoms with Gasteiger partial charge in [0.2, 0.25) is 0 Å². The van der Waals surface area contributed by atoms with Crippen LogP contribution in [-0.2, 0) is 0 Å². The van der Waals surface area contributed by atoms with E-state index in [1.807, 2.05) is 54.6 Å². The third-order valence-corrected chi connectivity index (χ3v) is 6.36. The van der Waals surface area contributed by atoms with Crippen LogP contribution in [-0.4, -0.2) is 12.9 Å². The number of carbonyl (C=O) groups is 1. The summed E-state index contributed by atoms with van der Waals surface area (Å²) in [6.45, 7) is 0. The molecule has 132 valence electrons. The minimum absolute atomic E-state index is 0.0984. The highest BCUT2D eigenvalue weighted by molar-refractivity contribution is 8.00. The molecule has 0 fully saturated rings. The van der Waals surface area contributed by atoms with E-state index in [-0.39, 0.29) is 11.0 Å². The Morgan fingerprint density at radius 2 is 1.70 bits per heavy atom. The summed E-state index contributed by atoms with van der Waals surface area (Å²) in [5.41, 5.74) is 5.56. The number of anilines is 1. The van der Waals surface area contributed by atoms with Gasteiger partial charge in [0.25, 0.3) is 0 Å². The number of ether oxygens (including phenoxy) is 1. The molecule has 0 amide bonds. The zero-order chi connectivity index (χ0) is 18.4. The molecule has 3 nitrogen and oxygen atoms in total. The van der Waals surface area contributed by atoms with Gasteiger partial charge in [-0.15, -0.1) is 11.8 Å². The Balaban J connectivity index is 1.74. The Morgan fingerprint density at radius 3 is 2.56 bits per heavy atom. The lowest BCUT2D eigenvalue weighted by Crippen LogP contribution is -2.07. The summed E-state index contributed by atoms with van der Waals surface area (Å²) in [6.07, 6.45) is 0. The summed E-state index contributed by atoms with van der Waals surface area (Å²) in [5, 5.41) is 3.44. The molecule has 0 radical (unpaired) electrons. The zero-order valence-electron chi connectivity index (χ0n) is 14.7. The van der Waals surface area contributed by atoms with Crippen molar-refractivity contribution < 1.29 is 9.53 Å². The van der Waals surface area contributed by atoms with Crippen LogP contribution in [0.3, 0.4) is 0 Å². The highest BCUT2D eigenvalue weighted by Crippen LogP contribution is 2.52. The number of Topliss-reactive ketones (excluding diaryl/α,β-unsaturated/α-hetero) is 1. The number of fused-ring (bicyclic) bond motifs is 3. The predicted octanol–water partition coefficient (Wildman–Crippen LogP) is 5.56. The molecule has 3 aromatic rings. The lowest BCUT2D eigenvalue weighted by atomic mass is 10.0. The first-order valence-corrected chi connectivity index (χ1v) is 9.69. The second-order valence-electron chi connectivity index (χ2n) is 6.56. The van der Waals surface area contributed by atoms with E-state index in [0.29, 0.717) is 0 Å². The molecule has 3 aromatic carbocycles. The maximum absolute atomic E-state index is 13.3. The van der Waals surface area contributed by atoms with Gasteiger partial charge >= 0.3 is 0 Å². The number of rotatable bonds is 2. The average Bonchev–Trinajstić information content (AvgIpc) is 2.88. The van der Waals surface area contributed by atoms with Gasteiger partial charge in [0, 0.05) is 21.6 Å². The van der Waals surface area contributed by atoms with E-state index in [9.17, 15) is 4.79 Å². The third kappa shape index (κ3) is 2.56. The van der Waals surface area contributed by atoms with Crippen LogP contribution in [0.25, 0.3) is 5.70 Å². The first-order chi connectivity index (χ1) is 13.3. The van der Waals surface area contributed by atoms with Crippen molar-refractivity contribution in [1.29, 1.82) is 0 Å². The molecule has 0 spiro atoms. The van der Waals surface area contributed by atoms with Crippen LogP contribution in [0.1, 0.15) is 26.7 Å². The van der Waals surface area contributed by atoms with Crippen molar-refractivity contribution in [3.05, 3.63) is 95.1 Å².